The lowest BCUT2D eigenvalue weighted by Gasteiger charge is -2.39. The van der Waals surface area contributed by atoms with Crippen molar-refractivity contribution in [2.45, 2.75) is 32.5 Å². The van der Waals surface area contributed by atoms with Crippen LogP contribution in [0.2, 0.25) is 0 Å². The number of rotatable bonds is 6. The maximum Gasteiger partial charge on any atom is 0.403 e. The summed E-state index contributed by atoms with van der Waals surface area (Å²) < 4.78 is 38.8. The van der Waals surface area contributed by atoms with Crippen LogP contribution in [0.25, 0.3) is 0 Å². The summed E-state index contributed by atoms with van der Waals surface area (Å²) in [5.41, 5.74) is 1.66. The maximum absolute atomic E-state index is 12.9. The van der Waals surface area contributed by atoms with Crippen molar-refractivity contribution in [2.24, 2.45) is 4.99 Å². The van der Waals surface area contributed by atoms with Gasteiger partial charge < -0.3 is 15.1 Å². The maximum atomic E-state index is 12.9. The molecule has 30 heavy (non-hydrogen) atoms. The predicted molar refractivity (Wildman–Crippen MR) is 113 cm³/mol. The molecule has 0 bridgehead atoms. The average Bonchev–Trinajstić information content (AvgIpc) is 2.71. The Hall–Kier alpha value is -2.29. The number of carbonyl (C=O) groups is 1. The Morgan fingerprint density at radius 3 is 2.47 bits per heavy atom. The van der Waals surface area contributed by atoms with E-state index >= 15 is 0 Å². The molecule has 0 saturated carbocycles. The van der Waals surface area contributed by atoms with E-state index in [1.54, 1.807) is 25.1 Å². The summed E-state index contributed by atoms with van der Waals surface area (Å²) in [6.07, 6.45) is -3.53. The largest absolute Gasteiger partial charge is 0.403 e. The van der Waals surface area contributed by atoms with E-state index in [1.165, 1.54) is 11.8 Å². The van der Waals surface area contributed by atoms with Crippen LogP contribution in [0.15, 0.2) is 29.3 Å². The van der Waals surface area contributed by atoms with Gasteiger partial charge in [-0.3, -0.25) is 14.7 Å². The van der Waals surface area contributed by atoms with Crippen LogP contribution < -0.4 is 5.32 Å². The first-order valence-corrected chi connectivity index (χ1v) is 10.3. The molecule has 168 valence electrons. The number of carbonyl (C=O) groups excluding carboxylic acids is 1. The molecule has 0 aliphatic carbocycles. The molecular weight excluding hydrogens is 395 g/mol. The van der Waals surface area contributed by atoms with Crippen molar-refractivity contribution in [3.8, 4) is 0 Å². The molecule has 1 aromatic carbocycles. The molecule has 1 fully saturated rings. The lowest BCUT2D eigenvalue weighted by molar-refractivity contribution is -0.181. The molecule has 0 spiro atoms. The van der Waals surface area contributed by atoms with Crippen LogP contribution in [0.5, 0.6) is 0 Å². The average molecular weight is 428 g/mol. The number of nitrogens with zero attached hydrogens (tertiary/aromatic N) is 4. The number of alkyl halides is 3. The summed E-state index contributed by atoms with van der Waals surface area (Å²) in [6.45, 7) is 6.08. The highest BCUT2D eigenvalue weighted by Crippen LogP contribution is 2.25. The van der Waals surface area contributed by atoms with Crippen LogP contribution in [-0.2, 0) is 6.42 Å². The summed E-state index contributed by atoms with van der Waals surface area (Å²) in [4.78, 5) is 21.8. The third kappa shape index (κ3) is 6.62. The Balaban J connectivity index is 1.96. The molecule has 1 aliphatic rings. The first kappa shape index (κ1) is 24.0. The Kier molecular flexibility index (Phi) is 8.52. The van der Waals surface area contributed by atoms with E-state index in [0.29, 0.717) is 51.3 Å². The summed E-state index contributed by atoms with van der Waals surface area (Å²) in [6, 6.07) is 6.06. The van der Waals surface area contributed by atoms with Gasteiger partial charge in [-0.15, -0.1) is 0 Å². The van der Waals surface area contributed by atoms with Crippen molar-refractivity contribution in [3.63, 3.8) is 0 Å². The van der Waals surface area contributed by atoms with E-state index in [0.717, 1.165) is 11.5 Å². The third-order valence-corrected chi connectivity index (χ3v) is 5.21. The van der Waals surface area contributed by atoms with Crippen molar-refractivity contribution in [1.82, 2.24) is 20.0 Å². The molecule has 9 heteroatoms. The molecule has 1 aromatic rings. The Bertz CT molecular complexity index is 728. The van der Waals surface area contributed by atoms with Gasteiger partial charge in [-0.05, 0) is 38.0 Å². The van der Waals surface area contributed by atoms with Gasteiger partial charge in [-0.2, -0.15) is 13.2 Å². The second kappa shape index (κ2) is 10.7. The second-order valence-corrected chi connectivity index (χ2v) is 7.63. The number of hydrogen-bond acceptors (Lipinski definition) is 3. The molecule has 1 atom stereocenters. The molecule has 1 aliphatic heterocycles. The number of aliphatic imine (C=N–C) groups is 1. The van der Waals surface area contributed by atoms with E-state index in [9.17, 15) is 18.0 Å². The van der Waals surface area contributed by atoms with Gasteiger partial charge in [-0.1, -0.05) is 12.1 Å². The number of amides is 1. The monoisotopic (exact) mass is 427 g/mol. The molecule has 2 rings (SSSR count). The minimum atomic E-state index is -4.21. The topological polar surface area (TPSA) is 51.2 Å². The van der Waals surface area contributed by atoms with Crippen LogP contribution in [-0.4, -0.2) is 92.1 Å². The van der Waals surface area contributed by atoms with E-state index in [-0.39, 0.29) is 5.91 Å². The van der Waals surface area contributed by atoms with Crippen LogP contribution >= 0.6 is 0 Å². The molecule has 1 amide bonds. The van der Waals surface area contributed by atoms with Crippen molar-refractivity contribution in [1.29, 1.82) is 0 Å². The second-order valence-electron chi connectivity index (χ2n) is 7.63. The minimum absolute atomic E-state index is 0.0420. The van der Waals surface area contributed by atoms with Crippen molar-refractivity contribution in [2.75, 3.05) is 53.4 Å². The van der Waals surface area contributed by atoms with Gasteiger partial charge >= 0.3 is 6.18 Å². The molecule has 0 radical (unpaired) electrons. The number of halogens is 3. The van der Waals surface area contributed by atoms with Gasteiger partial charge in [0.25, 0.3) is 5.91 Å². The molecule has 1 heterocycles. The summed E-state index contributed by atoms with van der Waals surface area (Å²) in [7, 11) is 3.44. The van der Waals surface area contributed by atoms with E-state index in [1.807, 2.05) is 30.0 Å². The normalized spacial score (nSPS) is 17.0. The van der Waals surface area contributed by atoms with Gasteiger partial charge in [0.05, 0.1) is 0 Å². The van der Waals surface area contributed by atoms with Crippen molar-refractivity contribution >= 4 is 11.9 Å². The summed E-state index contributed by atoms with van der Waals surface area (Å²) in [5.74, 6) is 0.678. The fourth-order valence-electron chi connectivity index (χ4n) is 3.36. The van der Waals surface area contributed by atoms with Crippen molar-refractivity contribution < 1.29 is 18.0 Å². The zero-order chi connectivity index (χ0) is 22.3. The molecule has 6 nitrogen and oxygen atoms in total. The molecule has 1 saturated heterocycles. The molecular formula is C21H32F3N5O. The quantitative estimate of drug-likeness (QED) is 0.560. The fourth-order valence-corrected chi connectivity index (χ4v) is 3.36. The SMILES string of the molecule is CCNC(=NCCc1cccc(C(=O)N(C)C)c1)N1CCN(C(C)C(F)(F)F)CC1. The Morgan fingerprint density at radius 2 is 1.90 bits per heavy atom. The van der Waals surface area contributed by atoms with Gasteiger partial charge in [-0.25, -0.2) is 0 Å². The van der Waals surface area contributed by atoms with Crippen LogP contribution in [0.3, 0.4) is 0 Å². The van der Waals surface area contributed by atoms with Gasteiger partial charge in [0.1, 0.15) is 6.04 Å². The highest BCUT2D eigenvalue weighted by molar-refractivity contribution is 5.94. The number of nitrogens with one attached hydrogen (secondary N) is 1. The Labute approximate surface area is 176 Å². The third-order valence-electron chi connectivity index (χ3n) is 5.21. The van der Waals surface area contributed by atoms with Crippen molar-refractivity contribution in [3.05, 3.63) is 35.4 Å². The highest BCUT2D eigenvalue weighted by atomic mass is 19.4. The van der Waals surface area contributed by atoms with E-state index in [4.69, 9.17) is 0 Å². The number of hydrogen-bond donors (Lipinski definition) is 1. The van der Waals surface area contributed by atoms with E-state index < -0.39 is 12.2 Å². The first-order chi connectivity index (χ1) is 14.1. The zero-order valence-electron chi connectivity index (χ0n) is 18.2. The van der Waals surface area contributed by atoms with Crippen LogP contribution in [0.4, 0.5) is 13.2 Å². The van der Waals surface area contributed by atoms with Gasteiger partial charge in [0, 0.05) is 58.9 Å². The Morgan fingerprint density at radius 1 is 1.23 bits per heavy atom. The standard InChI is InChI=1S/C21H32F3N5O/c1-5-25-20(29-13-11-28(12-14-29)16(2)21(22,23)24)26-10-9-17-7-6-8-18(15-17)19(30)27(3)4/h6-8,15-16H,5,9-14H2,1-4H3,(H,25,26). The van der Waals surface area contributed by atoms with Gasteiger partial charge in [0.2, 0.25) is 0 Å². The summed E-state index contributed by atoms with van der Waals surface area (Å²) >= 11 is 0. The van der Waals surface area contributed by atoms with Gasteiger partial charge in [0.15, 0.2) is 5.96 Å². The molecule has 0 aromatic heterocycles. The summed E-state index contributed by atoms with van der Waals surface area (Å²) in [5, 5.41) is 3.23. The zero-order valence-corrected chi connectivity index (χ0v) is 18.2. The fraction of sp³-hybridized carbons (Fsp3) is 0.619. The van der Waals surface area contributed by atoms with Crippen LogP contribution in [0.1, 0.15) is 29.8 Å². The molecule has 1 N–H and O–H groups in total. The number of benzene rings is 1. The first-order valence-electron chi connectivity index (χ1n) is 10.3. The number of guanidine groups is 1. The van der Waals surface area contributed by atoms with Crippen LogP contribution in [0, 0.1) is 0 Å². The highest BCUT2D eigenvalue weighted by Gasteiger charge is 2.41. The lowest BCUT2D eigenvalue weighted by atomic mass is 10.1. The predicted octanol–water partition coefficient (Wildman–Crippen LogP) is 2.46. The number of piperazine rings is 1. The minimum Gasteiger partial charge on any atom is -0.357 e. The smallest absolute Gasteiger partial charge is 0.357 e. The van der Waals surface area contributed by atoms with E-state index in [2.05, 4.69) is 10.3 Å². The molecule has 1 unspecified atom stereocenters. The lowest BCUT2D eigenvalue weighted by Crippen LogP contribution is -2.56.